The van der Waals surface area contributed by atoms with Crippen LogP contribution in [0.25, 0.3) is 0 Å². The third kappa shape index (κ3) is 3.05. The van der Waals surface area contributed by atoms with Crippen LogP contribution in [-0.4, -0.2) is 33.3 Å². The van der Waals surface area contributed by atoms with Crippen molar-refractivity contribution in [3.63, 3.8) is 0 Å². The van der Waals surface area contributed by atoms with E-state index in [9.17, 15) is 5.11 Å². The molecule has 2 aromatic rings. The summed E-state index contributed by atoms with van der Waals surface area (Å²) in [5, 5.41) is 20.7. The van der Waals surface area contributed by atoms with Gasteiger partial charge in [0.05, 0.1) is 13.3 Å². The maximum absolute atomic E-state index is 9.54. The molecule has 0 bridgehead atoms. The number of aromatic nitrogens is 3. The first-order valence-electron chi connectivity index (χ1n) is 6.23. The van der Waals surface area contributed by atoms with Crippen LogP contribution < -0.4 is 4.74 Å². The highest BCUT2D eigenvalue weighted by Crippen LogP contribution is 2.25. The van der Waals surface area contributed by atoms with Gasteiger partial charge in [-0.2, -0.15) is 14.9 Å². The van der Waals surface area contributed by atoms with Crippen LogP contribution in [0.15, 0.2) is 23.3 Å². The number of phenols is 1. The van der Waals surface area contributed by atoms with Crippen LogP contribution in [0.5, 0.6) is 11.5 Å². The molecule has 0 unspecified atom stereocenters. The molecule has 1 heterocycles. The van der Waals surface area contributed by atoms with E-state index in [4.69, 9.17) is 17.0 Å². The molecule has 0 saturated heterocycles. The van der Waals surface area contributed by atoms with Crippen LogP contribution >= 0.6 is 12.2 Å². The zero-order valence-corrected chi connectivity index (χ0v) is 12.1. The first-order chi connectivity index (χ1) is 9.65. The minimum absolute atomic E-state index is 0.0937. The Hall–Kier alpha value is -2.15. The predicted octanol–water partition coefficient (Wildman–Crippen LogP) is 2.49. The number of methoxy groups -OCH3 is 1. The summed E-state index contributed by atoms with van der Waals surface area (Å²) < 4.78 is 7.10. The standard InChI is InChI=1S/C13H16N4O2S/c1-3-4-12-15-16-13(20)17(12)14-8-9-5-6-10(18)11(7-9)19-2/h5-8,18H,3-4H2,1-2H3,(H,16,20)/b14-8-. The molecule has 0 atom stereocenters. The fourth-order valence-corrected chi connectivity index (χ4v) is 1.93. The number of H-pyrrole nitrogens is 1. The lowest BCUT2D eigenvalue weighted by atomic mass is 10.2. The number of hydrogen-bond acceptors (Lipinski definition) is 5. The van der Waals surface area contributed by atoms with E-state index in [1.807, 2.05) is 0 Å². The number of rotatable bonds is 5. The van der Waals surface area contributed by atoms with Gasteiger partial charge in [-0.1, -0.05) is 6.92 Å². The SMILES string of the molecule is CCCc1n[nH]c(=S)n1/N=C\c1ccc(O)c(OC)c1. The van der Waals surface area contributed by atoms with Gasteiger partial charge in [0.15, 0.2) is 17.3 Å². The van der Waals surface area contributed by atoms with Crippen LogP contribution in [0.2, 0.25) is 0 Å². The molecule has 0 aliphatic rings. The third-order valence-electron chi connectivity index (χ3n) is 2.72. The number of aromatic amines is 1. The van der Waals surface area contributed by atoms with Crippen LogP contribution in [0.3, 0.4) is 0 Å². The van der Waals surface area contributed by atoms with Crippen LogP contribution in [0.4, 0.5) is 0 Å². The number of aryl methyl sites for hydroxylation is 1. The Labute approximate surface area is 121 Å². The Balaban J connectivity index is 2.29. The molecule has 0 aliphatic heterocycles. The zero-order valence-electron chi connectivity index (χ0n) is 11.3. The second-order valence-corrected chi connectivity index (χ2v) is 4.57. The summed E-state index contributed by atoms with van der Waals surface area (Å²) in [6.45, 7) is 2.07. The van der Waals surface area contributed by atoms with Crippen molar-refractivity contribution in [2.45, 2.75) is 19.8 Å². The highest BCUT2D eigenvalue weighted by Gasteiger charge is 2.04. The Morgan fingerprint density at radius 2 is 2.35 bits per heavy atom. The van der Waals surface area contributed by atoms with Crippen molar-refractivity contribution >= 4 is 18.4 Å². The summed E-state index contributed by atoms with van der Waals surface area (Å²) >= 11 is 5.14. The highest BCUT2D eigenvalue weighted by atomic mass is 32.1. The number of nitrogens with one attached hydrogen (secondary N) is 1. The van der Waals surface area contributed by atoms with Crippen molar-refractivity contribution in [3.05, 3.63) is 34.4 Å². The van der Waals surface area contributed by atoms with Gasteiger partial charge in [0.1, 0.15) is 0 Å². The fraction of sp³-hybridized carbons (Fsp3) is 0.308. The molecule has 1 aromatic heterocycles. The first-order valence-corrected chi connectivity index (χ1v) is 6.64. The Bertz CT molecular complexity index is 675. The maximum Gasteiger partial charge on any atom is 0.216 e. The van der Waals surface area contributed by atoms with Gasteiger partial charge < -0.3 is 9.84 Å². The molecule has 0 fully saturated rings. The summed E-state index contributed by atoms with van der Waals surface area (Å²) in [6.07, 6.45) is 3.40. The van der Waals surface area contributed by atoms with Crippen molar-refractivity contribution in [1.29, 1.82) is 0 Å². The second-order valence-electron chi connectivity index (χ2n) is 4.18. The van der Waals surface area contributed by atoms with E-state index >= 15 is 0 Å². The Morgan fingerprint density at radius 1 is 1.55 bits per heavy atom. The van der Waals surface area contributed by atoms with Crippen molar-refractivity contribution in [2.24, 2.45) is 5.10 Å². The molecule has 1 aromatic carbocycles. The van der Waals surface area contributed by atoms with E-state index in [0.29, 0.717) is 10.5 Å². The fourth-order valence-electron chi connectivity index (χ4n) is 1.73. The molecular weight excluding hydrogens is 276 g/mol. The van der Waals surface area contributed by atoms with Crippen LogP contribution in [0, 0.1) is 4.77 Å². The van der Waals surface area contributed by atoms with Gasteiger partial charge in [-0.15, -0.1) is 0 Å². The number of benzene rings is 1. The maximum atomic E-state index is 9.54. The quantitative estimate of drug-likeness (QED) is 0.656. The second kappa shape index (κ2) is 6.33. The van der Waals surface area contributed by atoms with E-state index in [0.717, 1.165) is 24.2 Å². The number of phenolic OH excluding ortho intramolecular Hbond substituents is 1. The third-order valence-corrected chi connectivity index (χ3v) is 2.98. The van der Waals surface area contributed by atoms with Gasteiger partial charge in [-0.25, -0.2) is 0 Å². The minimum Gasteiger partial charge on any atom is -0.504 e. The lowest BCUT2D eigenvalue weighted by Gasteiger charge is -2.03. The number of hydrogen-bond donors (Lipinski definition) is 2. The van der Waals surface area contributed by atoms with Gasteiger partial charge in [0.25, 0.3) is 0 Å². The van der Waals surface area contributed by atoms with Gasteiger partial charge in [-0.3, -0.25) is 5.10 Å². The lowest BCUT2D eigenvalue weighted by Crippen LogP contribution is -1.98. The smallest absolute Gasteiger partial charge is 0.216 e. The molecule has 0 aliphatic carbocycles. The summed E-state index contributed by atoms with van der Waals surface area (Å²) in [4.78, 5) is 0. The normalized spacial score (nSPS) is 11.1. The van der Waals surface area contributed by atoms with Crippen LogP contribution in [-0.2, 0) is 6.42 Å². The predicted molar refractivity (Wildman–Crippen MR) is 79.1 cm³/mol. The summed E-state index contributed by atoms with van der Waals surface area (Å²) in [7, 11) is 1.50. The van der Waals surface area contributed by atoms with Gasteiger partial charge in [-0.05, 0) is 42.4 Å². The van der Waals surface area contributed by atoms with Crippen molar-refractivity contribution in [1.82, 2.24) is 14.9 Å². The molecule has 2 N–H and O–H groups in total. The summed E-state index contributed by atoms with van der Waals surface area (Å²) in [5.41, 5.74) is 0.796. The number of ether oxygens (including phenoxy) is 1. The largest absolute Gasteiger partial charge is 0.504 e. The van der Waals surface area contributed by atoms with Crippen molar-refractivity contribution < 1.29 is 9.84 Å². The molecule has 2 rings (SSSR count). The molecule has 0 saturated carbocycles. The minimum atomic E-state index is 0.0937. The van der Waals surface area contributed by atoms with Crippen LogP contribution in [0.1, 0.15) is 24.7 Å². The van der Waals surface area contributed by atoms with Gasteiger partial charge in [0.2, 0.25) is 4.77 Å². The average molecular weight is 292 g/mol. The van der Waals surface area contributed by atoms with E-state index in [-0.39, 0.29) is 5.75 Å². The molecular formula is C13H16N4O2S. The van der Waals surface area contributed by atoms with Crippen molar-refractivity contribution in [2.75, 3.05) is 7.11 Å². The van der Waals surface area contributed by atoms with E-state index in [2.05, 4.69) is 22.2 Å². The number of nitrogens with zero attached hydrogens (tertiary/aromatic N) is 3. The average Bonchev–Trinajstić information content (AvgIpc) is 2.79. The number of aromatic hydroxyl groups is 1. The van der Waals surface area contributed by atoms with E-state index in [1.54, 1.807) is 29.1 Å². The molecule has 6 nitrogen and oxygen atoms in total. The zero-order chi connectivity index (χ0) is 14.5. The van der Waals surface area contributed by atoms with E-state index < -0.39 is 0 Å². The highest BCUT2D eigenvalue weighted by molar-refractivity contribution is 7.71. The first kappa shape index (κ1) is 14.3. The van der Waals surface area contributed by atoms with Crippen molar-refractivity contribution in [3.8, 4) is 11.5 Å². The van der Waals surface area contributed by atoms with E-state index in [1.165, 1.54) is 7.11 Å². The topological polar surface area (TPSA) is 75.4 Å². The van der Waals surface area contributed by atoms with Gasteiger partial charge in [0, 0.05) is 6.42 Å². The molecule has 0 amide bonds. The monoisotopic (exact) mass is 292 g/mol. The lowest BCUT2D eigenvalue weighted by molar-refractivity contribution is 0.373. The molecule has 7 heteroatoms. The Morgan fingerprint density at radius 3 is 3.05 bits per heavy atom. The summed E-state index contributed by atoms with van der Waals surface area (Å²) in [6, 6.07) is 4.99. The van der Waals surface area contributed by atoms with Gasteiger partial charge >= 0.3 is 0 Å². The summed E-state index contributed by atoms with van der Waals surface area (Å²) in [5.74, 6) is 1.29. The molecule has 0 spiro atoms. The molecule has 20 heavy (non-hydrogen) atoms. The molecule has 0 radical (unpaired) electrons. The Kier molecular flexibility index (Phi) is 4.52. The molecule has 106 valence electrons.